The Hall–Kier alpha value is -1.39. The van der Waals surface area contributed by atoms with Gasteiger partial charge in [-0.1, -0.05) is 25.4 Å². The second-order valence-corrected chi connectivity index (χ2v) is 7.75. The molecule has 1 aliphatic heterocycles. The molecule has 1 unspecified atom stereocenters. The summed E-state index contributed by atoms with van der Waals surface area (Å²) in [5.74, 6) is 2.76. The molecule has 2 heterocycles. The fourth-order valence-corrected chi connectivity index (χ4v) is 4.38. The third-order valence-electron chi connectivity index (χ3n) is 5.73. The Morgan fingerprint density at radius 3 is 2.77 bits per heavy atom. The highest BCUT2D eigenvalue weighted by Crippen LogP contribution is 2.55. The van der Waals surface area contributed by atoms with Crippen LogP contribution in [0, 0.1) is 11.3 Å². The quantitative estimate of drug-likeness (QED) is 0.839. The van der Waals surface area contributed by atoms with Crippen LogP contribution in [-0.4, -0.2) is 33.5 Å². The van der Waals surface area contributed by atoms with Crippen LogP contribution in [0.1, 0.15) is 70.0 Å². The zero-order valence-corrected chi connectivity index (χ0v) is 13.5. The van der Waals surface area contributed by atoms with Crippen molar-refractivity contribution in [3.05, 3.63) is 11.7 Å². The van der Waals surface area contributed by atoms with Gasteiger partial charge in [0, 0.05) is 36.8 Å². The summed E-state index contributed by atoms with van der Waals surface area (Å²) in [4.78, 5) is 19.0. The van der Waals surface area contributed by atoms with Crippen LogP contribution >= 0.6 is 0 Å². The summed E-state index contributed by atoms with van der Waals surface area (Å²) in [6.07, 6.45) is 7.34. The molecule has 2 aliphatic carbocycles. The molecular weight excluding hydrogens is 278 g/mol. The van der Waals surface area contributed by atoms with Gasteiger partial charge in [-0.3, -0.25) is 4.79 Å². The van der Waals surface area contributed by atoms with Crippen LogP contribution in [0.25, 0.3) is 0 Å². The molecule has 1 amide bonds. The van der Waals surface area contributed by atoms with Crippen molar-refractivity contribution in [2.75, 3.05) is 6.54 Å². The monoisotopic (exact) mass is 303 g/mol. The maximum Gasteiger partial charge on any atom is 0.227 e. The standard InChI is InChI=1S/C17H25N3O2/c1-11(2)15-17(8-3-9-17)10-20(15)14(21)7-6-13-18-16(19-22-13)12-4-5-12/h11-12,15H,3-10H2,1-2H3. The van der Waals surface area contributed by atoms with Crippen LogP contribution < -0.4 is 0 Å². The molecule has 0 aromatic carbocycles. The predicted molar refractivity (Wildman–Crippen MR) is 81.2 cm³/mol. The van der Waals surface area contributed by atoms with Crippen molar-refractivity contribution in [2.24, 2.45) is 11.3 Å². The van der Waals surface area contributed by atoms with Gasteiger partial charge in [-0.05, 0) is 31.6 Å². The number of aryl methyl sites for hydroxylation is 1. The van der Waals surface area contributed by atoms with E-state index >= 15 is 0 Å². The van der Waals surface area contributed by atoms with Crippen molar-refractivity contribution in [1.29, 1.82) is 0 Å². The summed E-state index contributed by atoms with van der Waals surface area (Å²) >= 11 is 0. The van der Waals surface area contributed by atoms with Crippen molar-refractivity contribution in [3.63, 3.8) is 0 Å². The van der Waals surface area contributed by atoms with Crippen LogP contribution in [0.4, 0.5) is 0 Å². The topological polar surface area (TPSA) is 59.2 Å². The van der Waals surface area contributed by atoms with E-state index in [2.05, 4.69) is 28.9 Å². The van der Waals surface area contributed by atoms with Gasteiger partial charge in [-0.2, -0.15) is 4.98 Å². The lowest BCUT2D eigenvalue weighted by molar-refractivity contribution is -0.175. The molecule has 4 rings (SSSR count). The molecule has 3 fully saturated rings. The van der Waals surface area contributed by atoms with Gasteiger partial charge in [0.2, 0.25) is 11.8 Å². The number of hydrogen-bond acceptors (Lipinski definition) is 4. The number of likely N-dealkylation sites (tertiary alicyclic amines) is 1. The first-order valence-corrected chi connectivity index (χ1v) is 8.71. The average molecular weight is 303 g/mol. The molecule has 22 heavy (non-hydrogen) atoms. The minimum atomic E-state index is 0.252. The first kappa shape index (κ1) is 14.2. The Labute approximate surface area is 131 Å². The number of carbonyl (C=O) groups excluding carboxylic acids is 1. The molecule has 0 bridgehead atoms. The van der Waals surface area contributed by atoms with Crippen LogP contribution in [0.15, 0.2) is 4.52 Å². The Morgan fingerprint density at radius 2 is 2.18 bits per heavy atom. The van der Waals surface area contributed by atoms with Crippen LogP contribution in [0.2, 0.25) is 0 Å². The van der Waals surface area contributed by atoms with E-state index in [1.807, 2.05) is 0 Å². The lowest BCUT2D eigenvalue weighted by Gasteiger charge is -2.64. The summed E-state index contributed by atoms with van der Waals surface area (Å²) in [5.41, 5.74) is 0.452. The van der Waals surface area contributed by atoms with E-state index < -0.39 is 0 Å². The molecule has 1 saturated heterocycles. The highest BCUT2D eigenvalue weighted by atomic mass is 16.5. The maximum atomic E-state index is 12.5. The zero-order chi connectivity index (χ0) is 15.3. The summed E-state index contributed by atoms with van der Waals surface area (Å²) in [5, 5.41) is 4.01. The zero-order valence-electron chi connectivity index (χ0n) is 13.5. The SMILES string of the molecule is CC(C)C1N(C(=O)CCc2nc(C3CC3)no2)CC12CCC2. The smallest absolute Gasteiger partial charge is 0.227 e. The molecule has 5 heteroatoms. The van der Waals surface area contributed by atoms with Gasteiger partial charge in [-0.15, -0.1) is 0 Å². The van der Waals surface area contributed by atoms with Crippen molar-refractivity contribution in [1.82, 2.24) is 15.0 Å². The third kappa shape index (κ3) is 2.25. The van der Waals surface area contributed by atoms with E-state index in [1.165, 1.54) is 32.1 Å². The molecule has 0 radical (unpaired) electrons. The molecule has 1 aromatic heterocycles. The van der Waals surface area contributed by atoms with Crippen molar-refractivity contribution < 1.29 is 9.32 Å². The largest absolute Gasteiger partial charge is 0.339 e. The van der Waals surface area contributed by atoms with Crippen molar-refractivity contribution in [2.45, 2.75) is 70.8 Å². The third-order valence-corrected chi connectivity index (χ3v) is 5.73. The van der Waals surface area contributed by atoms with Crippen LogP contribution in [0.5, 0.6) is 0 Å². The second kappa shape index (κ2) is 5.07. The number of aromatic nitrogens is 2. The highest BCUT2D eigenvalue weighted by molar-refractivity contribution is 5.78. The van der Waals surface area contributed by atoms with Crippen molar-refractivity contribution in [3.8, 4) is 0 Å². The minimum Gasteiger partial charge on any atom is -0.339 e. The molecule has 3 aliphatic rings. The first-order valence-electron chi connectivity index (χ1n) is 8.71. The summed E-state index contributed by atoms with van der Waals surface area (Å²) in [7, 11) is 0. The van der Waals surface area contributed by atoms with E-state index in [4.69, 9.17) is 4.52 Å². The average Bonchev–Trinajstić information content (AvgIpc) is 3.12. The Balaban J connectivity index is 1.33. The van der Waals surface area contributed by atoms with E-state index in [9.17, 15) is 4.79 Å². The van der Waals surface area contributed by atoms with Gasteiger partial charge in [0.1, 0.15) is 0 Å². The van der Waals surface area contributed by atoms with Gasteiger partial charge < -0.3 is 9.42 Å². The van der Waals surface area contributed by atoms with E-state index in [0.29, 0.717) is 42.0 Å². The molecular formula is C17H25N3O2. The molecule has 0 N–H and O–H groups in total. The summed E-state index contributed by atoms with van der Waals surface area (Å²) in [6.45, 7) is 5.44. The molecule has 1 atom stereocenters. The number of rotatable bonds is 5. The molecule has 2 saturated carbocycles. The second-order valence-electron chi connectivity index (χ2n) is 7.75. The molecule has 120 valence electrons. The van der Waals surface area contributed by atoms with E-state index in [1.54, 1.807) is 0 Å². The predicted octanol–water partition coefficient (Wildman–Crippen LogP) is 2.92. The van der Waals surface area contributed by atoms with Crippen LogP contribution in [-0.2, 0) is 11.2 Å². The van der Waals surface area contributed by atoms with Gasteiger partial charge in [0.15, 0.2) is 5.82 Å². The number of hydrogen-bond donors (Lipinski definition) is 0. The Kier molecular flexibility index (Phi) is 3.27. The van der Waals surface area contributed by atoms with E-state index in [0.717, 1.165) is 12.4 Å². The highest BCUT2D eigenvalue weighted by Gasteiger charge is 2.57. The number of amides is 1. The van der Waals surface area contributed by atoms with E-state index in [-0.39, 0.29) is 5.91 Å². The number of nitrogens with zero attached hydrogens (tertiary/aromatic N) is 3. The maximum absolute atomic E-state index is 12.5. The Morgan fingerprint density at radius 1 is 1.41 bits per heavy atom. The first-order chi connectivity index (χ1) is 10.6. The lowest BCUT2D eigenvalue weighted by atomic mass is 9.55. The molecule has 1 aromatic rings. The fourth-order valence-electron chi connectivity index (χ4n) is 4.38. The summed E-state index contributed by atoms with van der Waals surface area (Å²) < 4.78 is 5.26. The van der Waals surface area contributed by atoms with Gasteiger partial charge in [0.05, 0.1) is 0 Å². The Bertz CT molecular complexity index is 572. The molecule has 1 spiro atoms. The summed E-state index contributed by atoms with van der Waals surface area (Å²) in [6, 6.07) is 0.443. The van der Waals surface area contributed by atoms with Gasteiger partial charge >= 0.3 is 0 Å². The number of carbonyl (C=O) groups is 1. The van der Waals surface area contributed by atoms with Gasteiger partial charge in [0.25, 0.3) is 0 Å². The molecule has 5 nitrogen and oxygen atoms in total. The minimum absolute atomic E-state index is 0.252. The normalized spacial score (nSPS) is 26.1. The van der Waals surface area contributed by atoms with Crippen molar-refractivity contribution >= 4 is 5.91 Å². The lowest BCUT2D eigenvalue weighted by Crippen LogP contribution is -2.70. The fraction of sp³-hybridized carbons (Fsp3) is 0.824. The van der Waals surface area contributed by atoms with Crippen LogP contribution in [0.3, 0.4) is 0 Å². The van der Waals surface area contributed by atoms with Gasteiger partial charge in [-0.25, -0.2) is 0 Å².